The number of ether oxygens (including phenoxy) is 1. The molecule has 2 aromatic rings. The van der Waals surface area contributed by atoms with Gasteiger partial charge in [0.2, 0.25) is 0 Å². The van der Waals surface area contributed by atoms with Gasteiger partial charge in [0, 0.05) is 23.8 Å². The number of nitrogens with one attached hydrogen (secondary N) is 2. The number of anilines is 1. The lowest BCUT2D eigenvalue weighted by Crippen LogP contribution is -2.15. The molecule has 0 unspecified atom stereocenters. The summed E-state index contributed by atoms with van der Waals surface area (Å²) in [4.78, 5) is 31.3. The van der Waals surface area contributed by atoms with Gasteiger partial charge in [0.25, 0.3) is 5.91 Å². The topological polar surface area (TPSA) is 84.1 Å². The third-order valence-corrected chi connectivity index (χ3v) is 3.35. The van der Waals surface area contributed by atoms with E-state index in [9.17, 15) is 9.59 Å². The summed E-state index contributed by atoms with van der Waals surface area (Å²) in [6, 6.07) is 3.41. The molecule has 1 amide bonds. The summed E-state index contributed by atoms with van der Waals surface area (Å²) in [5.41, 5.74) is 2.82. The molecule has 0 saturated carbocycles. The molecule has 0 aliphatic rings. The van der Waals surface area contributed by atoms with Crippen molar-refractivity contribution in [3.05, 3.63) is 47.0 Å². The molecule has 0 bridgehead atoms. The lowest BCUT2D eigenvalue weighted by Gasteiger charge is -2.07. The molecule has 0 aromatic carbocycles. The average Bonchev–Trinajstić information content (AvgIpc) is 2.84. The molecule has 116 valence electrons. The number of esters is 1. The van der Waals surface area contributed by atoms with Crippen LogP contribution in [0.2, 0.25) is 0 Å². The summed E-state index contributed by atoms with van der Waals surface area (Å²) >= 11 is 0. The second-order valence-corrected chi connectivity index (χ2v) is 4.91. The minimum Gasteiger partial charge on any atom is -0.465 e. The Morgan fingerprint density at radius 2 is 2.00 bits per heavy atom. The zero-order chi connectivity index (χ0) is 16.1. The predicted molar refractivity (Wildman–Crippen MR) is 83.1 cm³/mol. The Balaban J connectivity index is 2.37. The number of amides is 1. The molecule has 0 saturated heterocycles. The summed E-state index contributed by atoms with van der Waals surface area (Å²) in [6.07, 6.45) is 4.63. The summed E-state index contributed by atoms with van der Waals surface area (Å²) in [7, 11) is 1.33. The van der Waals surface area contributed by atoms with Crippen LogP contribution in [0, 0.1) is 6.92 Å². The molecule has 0 spiro atoms. The number of nitrogens with zero attached hydrogens (tertiary/aromatic N) is 1. The van der Waals surface area contributed by atoms with Crippen molar-refractivity contribution in [2.75, 3.05) is 12.4 Å². The Labute approximate surface area is 128 Å². The van der Waals surface area contributed by atoms with Gasteiger partial charge in [0.15, 0.2) is 0 Å². The highest BCUT2D eigenvalue weighted by Crippen LogP contribution is 2.22. The van der Waals surface area contributed by atoms with Gasteiger partial charge in [0.05, 0.1) is 12.7 Å². The number of carbonyl (C=O) groups is 2. The first kappa shape index (κ1) is 15.8. The summed E-state index contributed by atoms with van der Waals surface area (Å²) < 4.78 is 4.82. The second-order valence-electron chi connectivity index (χ2n) is 4.91. The lowest BCUT2D eigenvalue weighted by atomic mass is 10.0. The molecule has 0 radical (unpaired) electrons. The molecule has 2 N–H and O–H groups in total. The van der Waals surface area contributed by atoms with Crippen molar-refractivity contribution in [2.24, 2.45) is 0 Å². The minimum atomic E-state index is -0.430. The molecule has 0 fully saturated rings. The van der Waals surface area contributed by atoms with E-state index in [4.69, 9.17) is 4.74 Å². The normalized spacial score (nSPS) is 10.3. The SMILES string of the molecule is CCCc1c(C(=O)Nc2ccncc2)[nH]c(C)c1C(=O)OC. The van der Waals surface area contributed by atoms with Crippen molar-refractivity contribution in [2.45, 2.75) is 26.7 Å². The molecule has 22 heavy (non-hydrogen) atoms. The van der Waals surface area contributed by atoms with Crippen LogP contribution in [0.4, 0.5) is 5.69 Å². The van der Waals surface area contributed by atoms with Gasteiger partial charge in [0.1, 0.15) is 5.69 Å². The van der Waals surface area contributed by atoms with Crippen molar-refractivity contribution in [1.29, 1.82) is 0 Å². The van der Waals surface area contributed by atoms with E-state index in [2.05, 4.69) is 15.3 Å². The largest absolute Gasteiger partial charge is 0.465 e. The number of aryl methyl sites for hydroxylation is 1. The number of rotatable bonds is 5. The monoisotopic (exact) mass is 301 g/mol. The first-order chi connectivity index (χ1) is 10.6. The van der Waals surface area contributed by atoms with Crippen LogP contribution in [0.3, 0.4) is 0 Å². The lowest BCUT2D eigenvalue weighted by molar-refractivity contribution is 0.0599. The van der Waals surface area contributed by atoms with Gasteiger partial charge in [-0.15, -0.1) is 0 Å². The molecule has 0 aliphatic heterocycles. The number of aromatic amines is 1. The van der Waals surface area contributed by atoms with Crippen LogP contribution in [-0.4, -0.2) is 29.0 Å². The Kier molecular flexibility index (Phi) is 4.93. The van der Waals surface area contributed by atoms with Gasteiger partial charge < -0.3 is 15.0 Å². The van der Waals surface area contributed by atoms with E-state index in [-0.39, 0.29) is 5.91 Å². The zero-order valence-corrected chi connectivity index (χ0v) is 12.9. The van der Waals surface area contributed by atoms with Gasteiger partial charge in [-0.3, -0.25) is 9.78 Å². The van der Waals surface area contributed by atoms with Crippen LogP contribution in [0.25, 0.3) is 0 Å². The molecule has 6 heteroatoms. The number of aromatic nitrogens is 2. The smallest absolute Gasteiger partial charge is 0.339 e. The van der Waals surface area contributed by atoms with Crippen LogP contribution in [0.15, 0.2) is 24.5 Å². The molecule has 6 nitrogen and oxygen atoms in total. The molecular formula is C16H19N3O3. The average molecular weight is 301 g/mol. The van der Waals surface area contributed by atoms with E-state index in [0.717, 1.165) is 6.42 Å². The standard InChI is InChI=1S/C16H19N3O3/c1-4-5-12-13(16(21)22-3)10(2)18-14(12)15(20)19-11-6-8-17-9-7-11/h6-9,18H,4-5H2,1-3H3,(H,17,19,20). The van der Waals surface area contributed by atoms with E-state index in [0.29, 0.717) is 34.6 Å². The molecule has 0 atom stereocenters. The fraction of sp³-hybridized carbons (Fsp3) is 0.312. The molecule has 0 aliphatic carbocycles. The number of pyridine rings is 1. The fourth-order valence-corrected chi connectivity index (χ4v) is 2.38. The van der Waals surface area contributed by atoms with Crippen LogP contribution in [0.1, 0.15) is 45.4 Å². The van der Waals surface area contributed by atoms with Gasteiger partial charge in [-0.2, -0.15) is 0 Å². The fourth-order valence-electron chi connectivity index (χ4n) is 2.38. The molecule has 2 rings (SSSR count). The maximum atomic E-state index is 12.5. The van der Waals surface area contributed by atoms with Gasteiger partial charge >= 0.3 is 5.97 Å². The third-order valence-electron chi connectivity index (χ3n) is 3.35. The van der Waals surface area contributed by atoms with Crippen LogP contribution in [0.5, 0.6) is 0 Å². The van der Waals surface area contributed by atoms with Crippen molar-refractivity contribution in [1.82, 2.24) is 9.97 Å². The summed E-state index contributed by atoms with van der Waals surface area (Å²) in [5.74, 6) is -0.715. The highest BCUT2D eigenvalue weighted by molar-refractivity contribution is 6.06. The van der Waals surface area contributed by atoms with Crippen LogP contribution in [-0.2, 0) is 11.2 Å². The second kappa shape index (κ2) is 6.89. The first-order valence-corrected chi connectivity index (χ1v) is 7.09. The molecular weight excluding hydrogens is 282 g/mol. The van der Waals surface area contributed by atoms with E-state index in [1.807, 2.05) is 6.92 Å². The Hall–Kier alpha value is -2.63. The highest BCUT2D eigenvalue weighted by Gasteiger charge is 2.24. The van der Waals surface area contributed by atoms with E-state index in [1.54, 1.807) is 31.5 Å². The quantitative estimate of drug-likeness (QED) is 0.832. The number of carbonyl (C=O) groups excluding carboxylic acids is 2. The Morgan fingerprint density at radius 3 is 2.59 bits per heavy atom. The number of hydrogen-bond acceptors (Lipinski definition) is 4. The molecule has 2 aromatic heterocycles. The number of methoxy groups -OCH3 is 1. The summed E-state index contributed by atoms with van der Waals surface area (Å²) in [6.45, 7) is 3.75. The van der Waals surface area contributed by atoms with Gasteiger partial charge in [-0.05, 0) is 31.0 Å². The van der Waals surface area contributed by atoms with E-state index >= 15 is 0 Å². The first-order valence-electron chi connectivity index (χ1n) is 7.09. The molecule has 2 heterocycles. The van der Waals surface area contributed by atoms with Crippen LogP contribution >= 0.6 is 0 Å². The van der Waals surface area contributed by atoms with Gasteiger partial charge in [-0.1, -0.05) is 13.3 Å². The number of hydrogen-bond donors (Lipinski definition) is 2. The number of H-pyrrole nitrogens is 1. The summed E-state index contributed by atoms with van der Waals surface area (Å²) in [5, 5.41) is 2.79. The Morgan fingerprint density at radius 1 is 1.32 bits per heavy atom. The van der Waals surface area contributed by atoms with Crippen molar-refractivity contribution >= 4 is 17.6 Å². The highest BCUT2D eigenvalue weighted by atomic mass is 16.5. The van der Waals surface area contributed by atoms with Crippen LogP contribution < -0.4 is 5.32 Å². The predicted octanol–water partition coefficient (Wildman–Crippen LogP) is 2.71. The minimum absolute atomic E-state index is 0.284. The van der Waals surface area contributed by atoms with E-state index < -0.39 is 5.97 Å². The van der Waals surface area contributed by atoms with Crippen molar-refractivity contribution in [3.63, 3.8) is 0 Å². The van der Waals surface area contributed by atoms with Gasteiger partial charge in [-0.25, -0.2) is 4.79 Å². The zero-order valence-electron chi connectivity index (χ0n) is 12.9. The van der Waals surface area contributed by atoms with Crippen molar-refractivity contribution in [3.8, 4) is 0 Å². The van der Waals surface area contributed by atoms with Crippen molar-refractivity contribution < 1.29 is 14.3 Å². The Bertz CT molecular complexity index is 677. The maximum Gasteiger partial charge on any atom is 0.339 e. The van der Waals surface area contributed by atoms with E-state index in [1.165, 1.54) is 7.11 Å². The third kappa shape index (κ3) is 3.16. The maximum absolute atomic E-state index is 12.5.